The molecule has 5 nitrogen and oxygen atoms in total. The Morgan fingerprint density at radius 1 is 1.06 bits per heavy atom. The zero-order chi connectivity index (χ0) is 23.8. The van der Waals surface area contributed by atoms with Crippen molar-refractivity contribution in [3.8, 4) is 0 Å². The molecule has 1 N–H and O–H groups in total. The molecule has 0 atom stereocenters. The minimum absolute atomic E-state index is 0.134. The first kappa shape index (κ1) is 22.5. The molecule has 10 heteroatoms. The predicted molar refractivity (Wildman–Crippen MR) is 116 cm³/mol. The summed E-state index contributed by atoms with van der Waals surface area (Å²) in [6.45, 7) is -0.204. The third kappa shape index (κ3) is 4.58. The van der Waals surface area contributed by atoms with Crippen LogP contribution in [-0.4, -0.2) is 15.5 Å². The Kier molecular flexibility index (Phi) is 5.90. The number of carbonyl (C=O) groups excluding carboxylic acids is 1. The third-order valence-electron chi connectivity index (χ3n) is 4.92. The van der Waals surface area contributed by atoms with Crippen molar-refractivity contribution < 1.29 is 22.4 Å². The van der Waals surface area contributed by atoms with Crippen LogP contribution in [0.15, 0.2) is 71.7 Å². The smallest absolute Gasteiger partial charge is 0.320 e. The molecular weight excluding hydrogens is 462 g/mol. The number of fused-ring (bicyclic) bond motifs is 1. The second-order valence-electron chi connectivity index (χ2n) is 7.10. The number of carbonyl (C=O) groups is 1. The number of pyridine rings is 2. The maximum absolute atomic E-state index is 14.2. The first-order valence-corrected chi connectivity index (χ1v) is 9.93. The molecule has 2 heterocycles. The minimum Gasteiger partial charge on any atom is -0.320 e. The molecule has 0 bridgehead atoms. The zero-order valence-electron chi connectivity index (χ0n) is 16.7. The van der Waals surface area contributed by atoms with Crippen molar-refractivity contribution >= 4 is 34.2 Å². The standard InChI is InChI=1S/C23H14ClF4N3O2/c24-17-8-7-15(23(26,27)28)11-19(17)30-21(32)16-10-13-5-3-9-29-20(13)31(22(16)33)12-14-4-1-2-6-18(14)25/h1-11H,12H2,(H,30,32). The highest BCUT2D eigenvalue weighted by atomic mass is 35.5. The quantitative estimate of drug-likeness (QED) is 0.396. The lowest BCUT2D eigenvalue weighted by atomic mass is 10.1. The predicted octanol–water partition coefficient (Wildman–Crippen LogP) is 5.51. The molecule has 0 aliphatic carbocycles. The van der Waals surface area contributed by atoms with Gasteiger partial charge in [-0.2, -0.15) is 13.2 Å². The van der Waals surface area contributed by atoms with E-state index in [0.29, 0.717) is 11.5 Å². The normalized spacial score (nSPS) is 11.5. The van der Waals surface area contributed by atoms with Crippen LogP contribution in [0.25, 0.3) is 11.0 Å². The van der Waals surface area contributed by atoms with Gasteiger partial charge in [0.05, 0.1) is 22.8 Å². The Balaban J connectivity index is 1.79. The number of alkyl halides is 3. The topological polar surface area (TPSA) is 64.0 Å². The van der Waals surface area contributed by atoms with E-state index in [2.05, 4.69) is 10.3 Å². The van der Waals surface area contributed by atoms with Gasteiger partial charge in [0.25, 0.3) is 11.5 Å². The second kappa shape index (κ2) is 8.67. The van der Waals surface area contributed by atoms with E-state index in [1.807, 2.05) is 0 Å². The number of benzene rings is 2. The maximum Gasteiger partial charge on any atom is 0.416 e. The Morgan fingerprint density at radius 3 is 2.55 bits per heavy atom. The van der Waals surface area contributed by atoms with E-state index in [-0.39, 0.29) is 34.0 Å². The van der Waals surface area contributed by atoms with Crippen LogP contribution in [0.1, 0.15) is 21.5 Å². The monoisotopic (exact) mass is 475 g/mol. The van der Waals surface area contributed by atoms with Crippen LogP contribution in [0.4, 0.5) is 23.2 Å². The van der Waals surface area contributed by atoms with Crippen LogP contribution in [-0.2, 0) is 12.7 Å². The molecule has 0 aliphatic rings. The Morgan fingerprint density at radius 2 is 1.82 bits per heavy atom. The average molecular weight is 476 g/mol. The Hall–Kier alpha value is -3.72. The fourth-order valence-corrected chi connectivity index (χ4v) is 3.46. The van der Waals surface area contributed by atoms with E-state index < -0.39 is 29.0 Å². The molecule has 2 aromatic carbocycles. The van der Waals surface area contributed by atoms with Crippen molar-refractivity contribution in [1.29, 1.82) is 0 Å². The first-order valence-electron chi connectivity index (χ1n) is 9.55. The lowest BCUT2D eigenvalue weighted by Crippen LogP contribution is -2.30. The van der Waals surface area contributed by atoms with Crippen LogP contribution >= 0.6 is 11.6 Å². The van der Waals surface area contributed by atoms with Gasteiger partial charge in [-0.25, -0.2) is 9.37 Å². The molecule has 0 radical (unpaired) electrons. The number of hydrogen-bond acceptors (Lipinski definition) is 3. The summed E-state index contributed by atoms with van der Waals surface area (Å²) in [7, 11) is 0. The second-order valence-corrected chi connectivity index (χ2v) is 7.51. The summed E-state index contributed by atoms with van der Waals surface area (Å²) in [5.74, 6) is -1.51. The van der Waals surface area contributed by atoms with Crippen molar-refractivity contribution in [2.75, 3.05) is 5.32 Å². The molecule has 33 heavy (non-hydrogen) atoms. The van der Waals surface area contributed by atoms with Crippen molar-refractivity contribution in [3.05, 3.63) is 105 Å². The van der Waals surface area contributed by atoms with E-state index in [1.165, 1.54) is 30.5 Å². The summed E-state index contributed by atoms with van der Waals surface area (Å²) in [5.41, 5.74) is -2.04. The summed E-state index contributed by atoms with van der Waals surface area (Å²) in [4.78, 5) is 30.2. The summed E-state index contributed by atoms with van der Waals surface area (Å²) in [5, 5.41) is 2.55. The molecule has 1 amide bonds. The fraction of sp³-hybridized carbons (Fsp3) is 0.0870. The largest absolute Gasteiger partial charge is 0.416 e. The highest BCUT2D eigenvalue weighted by Crippen LogP contribution is 2.34. The van der Waals surface area contributed by atoms with E-state index in [9.17, 15) is 27.2 Å². The van der Waals surface area contributed by atoms with Gasteiger partial charge in [0, 0.05) is 17.1 Å². The molecule has 0 spiro atoms. The fourth-order valence-electron chi connectivity index (χ4n) is 3.30. The molecule has 0 unspecified atom stereocenters. The summed E-state index contributed by atoms with van der Waals surface area (Å²) in [6.07, 6.45) is -3.20. The number of rotatable bonds is 4. The molecule has 0 aliphatic heterocycles. The van der Waals surface area contributed by atoms with Crippen LogP contribution in [0.5, 0.6) is 0 Å². The van der Waals surface area contributed by atoms with Gasteiger partial charge in [-0.3, -0.25) is 14.2 Å². The lowest BCUT2D eigenvalue weighted by Gasteiger charge is -2.14. The van der Waals surface area contributed by atoms with Crippen LogP contribution in [0, 0.1) is 5.82 Å². The molecular formula is C23H14ClF4N3O2. The number of nitrogens with zero attached hydrogens (tertiary/aromatic N) is 2. The summed E-state index contributed by atoms with van der Waals surface area (Å²) in [6, 6.07) is 12.8. The average Bonchev–Trinajstić information content (AvgIpc) is 2.77. The molecule has 0 fully saturated rings. The zero-order valence-corrected chi connectivity index (χ0v) is 17.4. The van der Waals surface area contributed by atoms with Gasteiger partial charge in [-0.05, 0) is 42.5 Å². The number of nitrogens with one attached hydrogen (secondary N) is 1. The molecule has 0 saturated heterocycles. The summed E-state index contributed by atoms with van der Waals surface area (Å²) >= 11 is 5.95. The number of anilines is 1. The number of halogens is 5. The molecule has 4 aromatic rings. The van der Waals surface area contributed by atoms with E-state index >= 15 is 0 Å². The third-order valence-corrected chi connectivity index (χ3v) is 5.25. The van der Waals surface area contributed by atoms with Crippen molar-refractivity contribution in [1.82, 2.24) is 9.55 Å². The van der Waals surface area contributed by atoms with E-state index in [1.54, 1.807) is 18.2 Å². The molecule has 4 rings (SSSR count). The number of hydrogen-bond donors (Lipinski definition) is 1. The van der Waals surface area contributed by atoms with E-state index in [0.717, 1.165) is 16.7 Å². The van der Waals surface area contributed by atoms with Gasteiger partial charge < -0.3 is 5.32 Å². The lowest BCUT2D eigenvalue weighted by molar-refractivity contribution is -0.137. The first-order chi connectivity index (χ1) is 15.6. The van der Waals surface area contributed by atoms with Crippen molar-refractivity contribution in [3.63, 3.8) is 0 Å². The van der Waals surface area contributed by atoms with Gasteiger partial charge in [0.1, 0.15) is 17.0 Å². The SMILES string of the molecule is O=C(Nc1cc(C(F)(F)F)ccc1Cl)c1cc2cccnc2n(Cc2ccccc2F)c1=O. The highest BCUT2D eigenvalue weighted by molar-refractivity contribution is 6.34. The van der Waals surface area contributed by atoms with Crippen LogP contribution in [0.3, 0.4) is 0 Å². The van der Waals surface area contributed by atoms with Crippen molar-refractivity contribution in [2.24, 2.45) is 0 Å². The summed E-state index contributed by atoms with van der Waals surface area (Å²) < 4.78 is 54.5. The Labute approximate surface area is 189 Å². The highest BCUT2D eigenvalue weighted by Gasteiger charge is 2.31. The molecule has 0 saturated carbocycles. The van der Waals surface area contributed by atoms with E-state index in [4.69, 9.17) is 11.6 Å². The van der Waals surface area contributed by atoms with Gasteiger partial charge >= 0.3 is 6.18 Å². The minimum atomic E-state index is -4.65. The Bertz CT molecular complexity index is 1430. The van der Waals surface area contributed by atoms with Gasteiger partial charge in [-0.1, -0.05) is 29.8 Å². The van der Waals surface area contributed by atoms with Gasteiger partial charge in [-0.15, -0.1) is 0 Å². The van der Waals surface area contributed by atoms with Crippen LogP contribution in [0.2, 0.25) is 5.02 Å². The van der Waals surface area contributed by atoms with Gasteiger partial charge in [0.15, 0.2) is 0 Å². The van der Waals surface area contributed by atoms with Crippen molar-refractivity contribution in [2.45, 2.75) is 12.7 Å². The molecule has 168 valence electrons. The number of aromatic nitrogens is 2. The van der Waals surface area contributed by atoms with Crippen LogP contribution < -0.4 is 10.9 Å². The van der Waals surface area contributed by atoms with Gasteiger partial charge in [0.2, 0.25) is 0 Å². The number of amides is 1. The molecule has 2 aromatic heterocycles. The maximum atomic E-state index is 14.2.